The van der Waals surface area contributed by atoms with Crippen LogP contribution in [-0.4, -0.2) is 75.9 Å². The van der Waals surface area contributed by atoms with Gasteiger partial charge in [-0.05, 0) is 33.4 Å². The van der Waals surface area contributed by atoms with Crippen molar-refractivity contribution in [2.24, 2.45) is 0 Å². The summed E-state index contributed by atoms with van der Waals surface area (Å²) in [7, 11) is 3.89. The van der Waals surface area contributed by atoms with Gasteiger partial charge in [0.05, 0.1) is 12.2 Å². The number of amides is 1. The van der Waals surface area contributed by atoms with Gasteiger partial charge in [0.1, 0.15) is 11.9 Å². The highest BCUT2D eigenvalue weighted by molar-refractivity contribution is 5.81. The van der Waals surface area contributed by atoms with Gasteiger partial charge in [-0.3, -0.25) is 14.2 Å². The van der Waals surface area contributed by atoms with E-state index in [4.69, 9.17) is 14.6 Å². The van der Waals surface area contributed by atoms with Crippen LogP contribution in [0.25, 0.3) is 0 Å². The summed E-state index contributed by atoms with van der Waals surface area (Å²) in [5, 5.41) is 7.12. The maximum absolute atomic E-state index is 12.6. The summed E-state index contributed by atoms with van der Waals surface area (Å²) in [4.78, 5) is 42.2. The Balaban J connectivity index is 0.000000396. The lowest BCUT2D eigenvalue weighted by atomic mass is 10.2. The maximum Gasteiger partial charge on any atom is 0.490 e. The number of rotatable bonds is 3. The lowest BCUT2D eigenvalue weighted by Crippen LogP contribution is -2.39. The van der Waals surface area contributed by atoms with E-state index in [1.54, 1.807) is 15.5 Å². The molecule has 30 heavy (non-hydrogen) atoms. The standard InChI is InChI=1S/C16H24N4O3.C2HF3O2/c1-18(2)10-12-9-15(21)20-7-4-6-19(11-14(20)17-12)16(22)13-5-3-8-23-13;3-2(4,5)1(6)7/h9,13H,3-8,10-11H2,1-2H3;(H,6,7)/t13-;/m1./s1. The Morgan fingerprint density at radius 3 is 2.50 bits per heavy atom. The Morgan fingerprint density at radius 2 is 1.97 bits per heavy atom. The smallest absolute Gasteiger partial charge is 0.475 e. The summed E-state index contributed by atoms with van der Waals surface area (Å²) in [5.74, 6) is -2.05. The Kier molecular flexibility index (Phi) is 7.96. The number of hydrogen-bond acceptors (Lipinski definition) is 6. The molecule has 0 unspecified atom stereocenters. The van der Waals surface area contributed by atoms with E-state index >= 15 is 0 Å². The second kappa shape index (κ2) is 10.0. The van der Waals surface area contributed by atoms with Crippen molar-refractivity contribution in [2.75, 3.05) is 27.2 Å². The number of carbonyl (C=O) groups excluding carboxylic acids is 1. The van der Waals surface area contributed by atoms with Gasteiger partial charge in [-0.2, -0.15) is 13.2 Å². The van der Waals surface area contributed by atoms with Crippen molar-refractivity contribution in [3.8, 4) is 0 Å². The van der Waals surface area contributed by atoms with Gasteiger partial charge in [0.15, 0.2) is 0 Å². The van der Waals surface area contributed by atoms with Gasteiger partial charge in [0.25, 0.3) is 11.5 Å². The number of carbonyl (C=O) groups is 2. The van der Waals surface area contributed by atoms with Crippen molar-refractivity contribution in [1.29, 1.82) is 0 Å². The summed E-state index contributed by atoms with van der Waals surface area (Å²) in [6.45, 7) is 2.91. The number of alkyl halides is 3. The summed E-state index contributed by atoms with van der Waals surface area (Å²) < 4.78 is 38.9. The molecule has 1 amide bonds. The summed E-state index contributed by atoms with van der Waals surface area (Å²) in [6.07, 6.45) is -2.92. The van der Waals surface area contributed by atoms with Gasteiger partial charge in [-0.25, -0.2) is 9.78 Å². The first kappa shape index (κ1) is 23.8. The molecule has 0 aromatic carbocycles. The van der Waals surface area contributed by atoms with E-state index in [1.165, 1.54) is 0 Å². The fourth-order valence-corrected chi connectivity index (χ4v) is 3.20. The molecule has 12 heteroatoms. The predicted molar refractivity (Wildman–Crippen MR) is 98.6 cm³/mol. The van der Waals surface area contributed by atoms with E-state index in [0.29, 0.717) is 38.6 Å². The average molecular weight is 434 g/mol. The molecule has 3 heterocycles. The van der Waals surface area contributed by atoms with Crippen LogP contribution in [0.4, 0.5) is 13.2 Å². The highest BCUT2D eigenvalue weighted by Gasteiger charge is 2.38. The molecule has 3 rings (SSSR count). The Bertz CT molecular complexity index is 819. The van der Waals surface area contributed by atoms with E-state index in [1.807, 2.05) is 19.0 Å². The average Bonchev–Trinajstić information content (AvgIpc) is 3.07. The number of carboxylic acids is 1. The lowest BCUT2D eigenvalue weighted by molar-refractivity contribution is -0.192. The first-order chi connectivity index (χ1) is 14.0. The topological polar surface area (TPSA) is 105 Å². The van der Waals surface area contributed by atoms with Crippen LogP contribution < -0.4 is 5.56 Å². The van der Waals surface area contributed by atoms with Gasteiger partial charge in [-0.15, -0.1) is 0 Å². The quantitative estimate of drug-likeness (QED) is 0.752. The molecule has 1 saturated heterocycles. The van der Waals surface area contributed by atoms with Crippen molar-refractivity contribution < 1.29 is 32.6 Å². The monoisotopic (exact) mass is 434 g/mol. The molecule has 0 aliphatic carbocycles. The first-order valence-corrected chi connectivity index (χ1v) is 9.44. The van der Waals surface area contributed by atoms with Gasteiger partial charge < -0.3 is 19.6 Å². The molecule has 9 nitrogen and oxygen atoms in total. The number of carboxylic acid groups (broad SMARTS) is 1. The molecule has 168 valence electrons. The minimum absolute atomic E-state index is 0.0294. The summed E-state index contributed by atoms with van der Waals surface area (Å²) in [6, 6.07) is 1.60. The van der Waals surface area contributed by atoms with Crippen LogP contribution in [0.2, 0.25) is 0 Å². The zero-order valence-corrected chi connectivity index (χ0v) is 16.8. The van der Waals surface area contributed by atoms with Crippen molar-refractivity contribution in [1.82, 2.24) is 19.4 Å². The molecule has 2 aliphatic heterocycles. The number of halogens is 3. The van der Waals surface area contributed by atoms with Crippen LogP contribution in [0.5, 0.6) is 0 Å². The molecule has 0 saturated carbocycles. The van der Waals surface area contributed by atoms with Gasteiger partial charge in [0.2, 0.25) is 0 Å². The van der Waals surface area contributed by atoms with E-state index in [-0.39, 0.29) is 17.6 Å². The zero-order valence-electron chi connectivity index (χ0n) is 16.8. The molecular weight excluding hydrogens is 409 g/mol. The molecule has 0 bridgehead atoms. The zero-order chi connectivity index (χ0) is 22.5. The molecule has 1 atom stereocenters. The largest absolute Gasteiger partial charge is 0.490 e. The molecule has 1 aromatic heterocycles. The second-order valence-electron chi connectivity index (χ2n) is 7.31. The Morgan fingerprint density at radius 1 is 1.30 bits per heavy atom. The summed E-state index contributed by atoms with van der Waals surface area (Å²) >= 11 is 0. The molecule has 0 spiro atoms. The lowest BCUT2D eigenvalue weighted by Gasteiger charge is -2.23. The van der Waals surface area contributed by atoms with Crippen molar-refractivity contribution >= 4 is 11.9 Å². The number of aliphatic carboxylic acids is 1. The Labute approximate surface area is 171 Å². The van der Waals surface area contributed by atoms with Crippen molar-refractivity contribution in [2.45, 2.75) is 51.2 Å². The van der Waals surface area contributed by atoms with Gasteiger partial charge in [-0.1, -0.05) is 0 Å². The predicted octanol–water partition coefficient (Wildman–Crippen LogP) is 0.849. The van der Waals surface area contributed by atoms with E-state index in [9.17, 15) is 22.8 Å². The van der Waals surface area contributed by atoms with Gasteiger partial charge in [0, 0.05) is 32.3 Å². The van der Waals surface area contributed by atoms with E-state index < -0.39 is 12.1 Å². The van der Waals surface area contributed by atoms with Gasteiger partial charge >= 0.3 is 12.1 Å². The van der Waals surface area contributed by atoms with Crippen LogP contribution in [0.1, 0.15) is 30.8 Å². The third-order valence-corrected chi connectivity index (χ3v) is 4.52. The maximum atomic E-state index is 12.6. The number of fused-ring (bicyclic) bond motifs is 1. The normalized spacial score (nSPS) is 19.0. The third-order valence-electron chi connectivity index (χ3n) is 4.52. The van der Waals surface area contributed by atoms with Crippen molar-refractivity contribution in [3.63, 3.8) is 0 Å². The van der Waals surface area contributed by atoms with Crippen LogP contribution in [0, 0.1) is 0 Å². The number of nitrogens with zero attached hydrogens (tertiary/aromatic N) is 4. The van der Waals surface area contributed by atoms with E-state index in [2.05, 4.69) is 4.98 Å². The van der Waals surface area contributed by atoms with Crippen LogP contribution in [-0.2, 0) is 34.0 Å². The first-order valence-electron chi connectivity index (χ1n) is 9.44. The Hall–Kier alpha value is -2.47. The van der Waals surface area contributed by atoms with E-state index in [0.717, 1.165) is 25.0 Å². The molecule has 1 fully saturated rings. The fraction of sp³-hybridized carbons (Fsp3) is 0.667. The number of hydrogen-bond donors (Lipinski definition) is 1. The number of aromatic nitrogens is 2. The third kappa shape index (κ3) is 6.52. The molecular formula is C18H25F3N4O5. The highest BCUT2D eigenvalue weighted by atomic mass is 19.4. The number of ether oxygens (including phenoxy) is 1. The van der Waals surface area contributed by atoms with Crippen LogP contribution in [0.3, 0.4) is 0 Å². The van der Waals surface area contributed by atoms with Crippen molar-refractivity contribution in [3.05, 3.63) is 27.9 Å². The van der Waals surface area contributed by atoms with Crippen LogP contribution in [0.15, 0.2) is 10.9 Å². The fourth-order valence-electron chi connectivity index (χ4n) is 3.20. The SMILES string of the molecule is CN(C)Cc1cc(=O)n2c(n1)CN(C(=O)[C@H]1CCCO1)CCC2.O=C(O)C(F)(F)F. The molecule has 0 radical (unpaired) electrons. The minimum atomic E-state index is -5.08. The molecule has 1 aromatic rings. The highest BCUT2D eigenvalue weighted by Crippen LogP contribution is 2.18. The summed E-state index contributed by atoms with van der Waals surface area (Å²) in [5.41, 5.74) is 0.718. The molecule has 2 aliphatic rings. The minimum Gasteiger partial charge on any atom is -0.475 e. The van der Waals surface area contributed by atoms with Crippen LogP contribution >= 0.6 is 0 Å². The molecule has 1 N–H and O–H groups in total. The second-order valence-corrected chi connectivity index (χ2v) is 7.31.